The molecule has 1 fully saturated rings. The molecule has 0 amide bonds. The van der Waals surface area contributed by atoms with Gasteiger partial charge >= 0.3 is 0 Å². The Hall–Kier alpha value is -1.06. The smallest absolute Gasteiger partial charge is 0.122 e. The molecule has 1 aromatic rings. The highest BCUT2D eigenvalue weighted by atomic mass is 16.5. The molecule has 3 rings (SSSR count). The van der Waals surface area contributed by atoms with E-state index in [1.807, 2.05) is 0 Å². The summed E-state index contributed by atoms with van der Waals surface area (Å²) in [6.45, 7) is 9.13. The molecule has 0 spiro atoms. The summed E-state index contributed by atoms with van der Waals surface area (Å²) in [5.74, 6) is 1.94. The molecule has 0 saturated carbocycles. The van der Waals surface area contributed by atoms with Crippen molar-refractivity contribution in [1.29, 1.82) is 0 Å². The van der Waals surface area contributed by atoms with E-state index < -0.39 is 0 Å². The van der Waals surface area contributed by atoms with Gasteiger partial charge < -0.3 is 15.0 Å². The molecule has 1 aromatic carbocycles. The largest absolute Gasteiger partial charge is 0.493 e. The lowest BCUT2D eigenvalue weighted by atomic mass is 10.1. The van der Waals surface area contributed by atoms with Crippen molar-refractivity contribution >= 4 is 0 Å². The Morgan fingerprint density at radius 1 is 1.40 bits per heavy atom. The molecule has 0 aromatic heterocycles. The minimum atomic E-state index is 0.850. The SMILES string of the molecule is CCN1CCC(CNCCc2ccc3c(c2)CCO3)C1. The number of nitrogens with one attached hydrogen (secondary N) is 1. The lowest BCUT2D eigenvalue weighted by molar-refractivity contribution is 0.339. The van der Waals surface area contributed by atoms with Crippen LogP contribution in [0.25, 0.3) is 0 Å². The quantitative estimate of drug-likeness (QED) is 0.804. The summed E-state index contributed by atoms with van der Waals surface area (Å²) in [5, 5.41) is 3.63. The van der Waals surface area contributed by atoms with Crippen LogP contribution in [0.3, 0.4) is 0 Å². The predicted molar refractivity (Wildman–Crippen MR) is 82.4 cm³/mol. The fourth-order valence-electron chi connectivity index (χ4n) is 3.30. The van der Waals surface area contributed by atoms with Crippen molar-refractivity contribution in [1.82, 2.24) is 10.2 Å². The van der Waals surface area contributed by atoms with Crippen LogP contribution in [0.5, 0.6) is 5.75 Å². The first kappa shape index (κ1) is 13.9. The Morgan fingerprint density at radius 2 is 2.35 bits per heavy atom. The third-order valence-electron chi connectivity index (χ3n) is 4.59. The molecule has 1 unspecified atom stereocenters. The zero-order chi connectivity index (χ0) is 13.8. The Bertz CT molecular complexity index is 447. The fourth-order valence-corrected chi connectivity index (χ4v) is 3.30. The summed E-state index contributed by atoms with van der Waals surface area (Å²) in [6, 6.07) is 6.66. The predicted octanol–water partition coefficient (Wildman–Crippen LogP) is 2.10. The molecular weight excluding hydrogens is 248 g/mol. The Labute approximate surface area is 122 Å². The molecule has 1 N–H and O–H groups in total. The third kappa shape index (κ3) is 3.33. The van der Waals surface area contributed by atoms with Crippen molar-refractivity contribution < 1.29 is 4.74 Å². The summed E-state index contributed by atoms with van der Waals surface area (Å²) in [6.07, 6.45) is 3.56. The number of rotatable bonds is 6. The van der Waals surface area contributed by atoms with Gasteiger partial charge in [-0.15, -0.1) is 0 Å². The number of ether oxygens (including phenoxy) is 1. The van der Waals surface area contributed by atoms with Crippen molar-refractivity contribution in [3.8, 4) is 5.75 Å². The van der Waals surface area contributed by atoms with Crippen LogP contribution in [0.1, 0.15) is 24.5 Å². The number of nitrogens with zero attached hydrogens (tertiary/aromatic N) is 1. The number of fused-ring (bicyclic) bond motifs is 1. The molecular formula is C17H26N2O. The van der Waals surface area contributed by atoms with Crippen molar-refractivity contribution in [3.63, 3.8) is 0 Å². The zero-order valence-electron chi connectivity index (χ0n) is 12.5. The van der Waals surface area contributed by atoms with Gasteiger partial charge in [-0.25, -0.2) is 0 Å². The summed E-state index contributed by atoms with van der Waals surface area (Å²) in [7, 11) is 0. The van der Waals surface area contributed by atoms with Gasteiger partial charge in [0.25, 0.3) is 0 Å². The van der Waals surface area contributed by atoms with Gasteiger partial charge in [0.05, 0.1) is 6.61 Å². The van der Waals surface area contributed by atoms with E-state index in [1.165, 1.54) is 43.7 Å². The maximum absolute atomic E-state index is 5.55. The maximum atomic E-state index is 5.55. The highest BCUT2D eigenvalue weighted by molar-refractivity contribution is 5.39. The molecule has 1 atom stereocenters. The van der Waals surface area contributed by atoms with Gasteiger partial charge in [0, 0.05) is 13.0 Å². The topological polar surface area (TPSA) is 24.5 Å². The van der Waals surface area contributed by atoms with Gasteiger partial charge in [-0.1, -0.05) is 19.1 Å². The average Bonchev–Trinajstić information content (AvgIpc) is 3.11. The molecule has 110 valence electrons. The maximum Gasteiger partial charge on any atom is 0.122 e. The van der Waals surface area contributed by atoms with E-state index in [2.05, 4.69) is 35.3 Å². The minimum Gasteiger partial charge on any atom is -0.493 e. The second-order valence-electron chi connectivity index (χ2n) is 6.04. The minimum absolute atomic E-state index is 0.850. The number of hydrogen-bond acceptors (Lipinski definition) is 3. The van der Waals surface area contributed by atoms with Crippen molar-refractivity contribution in [2.45, 2.75) is 26.2 Å². The van der Waals surface area contributed by atoms with Crippen LogP contribution in [0.15, 0.2) is 18.2 Å². The number of hydrogen-bond donors (Lipinski definition) is 1. The normalized spacial score (nSPS) is 21.9. The van der Waals surface area contributed by atoms with Crippen LogP contribution in [0.4, 0.5) is 0 Å². The Balaban J connectivity index is 1.38. The lowest BCUT2D eigenvalue weighted by Crippen LogP contribution is -2.27. The molecule has 1 saturated heterocycles. The third-order valence-corrected chi connectivity index (χ3v) is 4.59. The van der Waals surface area contributed by atoms with Crippen molar-refractivity contribution in [2.75, 3.05) is 39.3 Å². The molecule has 2 aliphatic heterocycles. The highest BCUT2D eigenvalue weighted by Gasteiger charge is 2.20. The number of likely N-dealkylation sites (tertiary alicyclic amines) is 1. The Kier molecular flexibility index (Phi) is 4.58. The first-order valence-corrected chi connectivity index (χ1v) is 8.03. The van der Waals surface area contributed by atoms with Crippen LogP contribution in [0.2, 0.25) is 0 Å². The number of benzene rings is 1. The second-order valence-corrected chi connectivity index (χ2v) is 6.04. The molecule has 3 nitrogen and oxygen atoms in total. The van der Waals surface area contributed by atoms with E-state index in [9.17, 15) is 0 Å². The monoisotopic (exact) mass is 274 g/mol. The van der Waals surface area contributed by atoms with E-state index >= 15 is 0 Å². The van der Waals surface area contributed by atoms with Crippen LogP contribution in [-0.2, 0) is 12.8 Å². The molecule has 0 radical (unpaired) electrons. The van der Waals surface area contributed by atoms with E-state index in [0.717, 1.165) is 37.7 Å². The average molecular weight is 274 g/mol. The molecule has 0 bridgehead atoms. The van der Waals surface area contributed by atoms with Crippen LogP contribution in [-0.4, -0.2) is 44.2 Å². The van der Waals surface area contributed by atoms with E-state index in [1.54, 1.807) is 0 Å². The summed E-state index contributed by atoms with van der Waals surface area (Å²) < 4.78 is 5.55. The standard InChI is InChI=1S/C17H26N2O/c1-2-19-9-6-15(13-19)12-18-8-5-14-3-4-17-16(11-14)7-10-20-17/h3-4,11,15,18H,2,5-10,12-13H2,1H3. The Morgan fingerprint density at radius 3 is 3.20 bits per heavy atom. The van der Waals surface area contributed by atoms with E-state index in [0.29, 0.717) is 0 Å². The van der Waals surface area contributed by atoms with E-state index in [4.69, 9.17) is 4.74 Å². The van der Waals surface area contributed by atoms with Crippen LogP contribution < -0.4 is 10.1 Å². The van der Waals surface area contributed by atoms with Crippen molar-refractivity contribution in [3.05, 3.63) is 29.3 Å². The van der Waals surface area contributed by atoms with E-state index in [-0.39, 0.29) is 0 Å². The summed E-state index contributed by atoms with van der Waals surface area (Å²) >= 11 is 0. The van der Waals surface area contributed by atoms with Gasteiger partial charge in [-0.3, -0.25) is 0 Å². The molecule has 3 heteroatoms. The molecule has 2 heterocycles. The fraction of sp³-hybridized carbons (Fsp3) is 0.647. The molecule has 0 aliphatic carbocycles. The second kappa shape index (κ2) is 6.59. The lowest BCUT2D eigenvalue weighted by Gasteiger charge is -2.13. The van der Waals surface area contributed by atoms with Crippen LogP contribution >= 0.6 is 0 Å². The zero-order valence-corrected chi connectivity index (χ0v) is 12.5. The molecule has 20 heavy (non-hydrogen) atoms. The molecule has 2 aliphatic rings. The summed E-state index contributed by atoms with van der Waals surface area (Å²) in [5.41, 5.74) is 2.82. The van der Waals surface area contributed by atoms with Gasteiger partial charge in [-0.05, 0) is 62.1 Å². The van der Waals surface area contributed by atoms with Gasteiger partial charge in [0.1, 0.15) is 5.75 Å². The van der Waals surface area contributed by atoms with Gasteiger partial charge in [-0.2, -0.15) is 0 Å². The summed E-state index contributed by atoms with van der Waals surface area (Å²) in [4.78, 5) is 2.55. The highest BCUT2D eigenvalue weighted by Crippen LogP contribution is 2.25. The van der Waals surface area contributed by atoms with Crippen LogP contribution in [0, 0.1) is 5.92 Å². The van der Waals surface area contributed by atoms with Gasteiger partial charge in [0.15, 0.2) is 0 Å². The first-order valence-electron chi connectivity index (χ1n) is 8.03. The first-order chi connectivity index (χ1) is 9.85. The van der Waals surface area contributed by atoms with Gasteiger partial charge in [0.2, 0.25) is 0 Å². The van der Waals surface area contributed by atoms with Crippen molar-refractivity contribution in [2.24, 2.45) is 5.92 Å².